The molecule has 1 heterocycles. The van der Waals surface area contributed by atoms with Gasteiger partial charge in [0, 0.05) is 23.8 Å². The molecular formula is C17H27N3O. The minimum Gasteiger partial charge on any atom is -0.370 e. The number of rotatable bonds is 6. The van der Waals surface area contributed by atoms with Crippen molar-refractivity contribution < 1.29 is 4.79 Å². The number of hydrogen-bond acceptors (Lipinski definition) is 3. The molecule has 0 bridgehead atoms. The Labute approximate surface area is 127 Å². The lowest BCUT2D eigenvalue weighted by atomic mass is 9.99. The molecule has 0 aliphatic heterocycles. The van der Waals surface area contributed by atoms with Crippen LogP contribution in [0, 0.1) is 5.92 Å². The van der Waals surface area contributed by atoms with Gasteiger partial charge in [-0.2, -0.15) is 0 Å². The van der Waals surface area contributed by atoms with Crippen LogP contribution in [0.2, 0.25) is 0 Å². The van der Waals surface area contributed by atoms with E-state index in [1.807, 2.05) is 19.1 Å². The molecule has 2 N–H and O–H groups in total. The number of carbonyl (C=O) groups excluding carboxylic acids is 1. The number of aromatic nitrogens is 1. The third kappa shape index (κ3) is 4.19. The number of pyridine rings is 1. The monoisotopic (exact) mass is 289 g/mol. The molecule has 1 atom stereocenters. The summed E-state index contributed by atoms with van der Waals surface area (Å²) in [5, 5.41) is 6.36. The summed E-state index contributed by atoms with van der Waals surface area (Å²) in [7, 11) is 0. The van der Waals surface area contributed by atoms with E-state index >= 15 is 0 Å². The standard InChI is InChI=1S/C17H27N3O/c1-4-15-10-14(11-16(20-15)18-5-2)17(21)19-12(3)13-8-6-7-9-13/h10-13H,4-9H2,1-3H3,(H,18,20)(H,19,21). The molecule has 1 saturated carbocycles. The SMILES string of the molecule is CCNc1cc(C(=O)NC(C)C2CCCC2)cc(CC)n1. The Bertz CT molecular complexity index is 481. The van der Waals surface area contributed by atoms with Crippen molar-refractivity contribution in [2.24, 2.45) is 5.92 Å². The smallest absolute Gasteiger partial charge is 0.251 e. The number of carbonyl (C=O) groups is 1. The van der Waals surface area contributed by atoms with Crippen molar-refractivity contribution in [1.82, 2.24) is 10.3 Å². The largest absolute Gasteiger partial charge is 0.370 e. The number of nitrogens with one attached hydrogen (secondary N) is 2. The van der Waals surface area contributed by atoms with E-state index in [0.717, 1.165) is 24.5 Å². The third-order valence-corrected chi connectivity index (χ3v) is 4.33. The average molecular weight is 289 g/mol. The van der Waals surface area contributed by atoms with Crippen LogP contribution < -0.4 is 10.6 Å². The van der Waals surface area contributed by atoms with Crippen LogP contribution in [0.3, 0.4) is 0 Å². The molecule has 1 aromatic rings. The fourth-order valence-electron chi connectivity index (χ4n) is 3.04. The van der Waals surface area contributed by atoms with Crippen molar-refractivity contribution in [2.75, 3.05) is 11.9 Å². The summed E-state index contributed by atoms with van der Waals surface area (Å²) in [6.07, 6.45) is 5.90. The topological polar surface area (TPSA) is 54.0 Å². The first-order valence-electron chi connectivity index (χ1n) is 8.19. The zero-order chi connectivity index (χ0) is 15.2. The molecule has 1 aliphatic carbocycles. The van der Waals surface area contributed by atoms with Gasteiger partial charge in [0.1, 0.15) is 5.82 Å². The first-order chi connectivity index (χ1) is 10.1. The predicted molar refractivity (Wildman–Crippen MR) is 86.7 cm³/mol. The average Bonchev–Trinajstić information content (AvgIpc) is 3.01. The molecular weight excluding hydrogens is 262 g/mol. The van der Waals surface area contributed by atoms with Crippen molar-refractivity contribution in [3.63, 3.8) is 0 Å². The molecule has 1 fully saturated rings. The van der Waals surface area contributed by atoms with Crippen molar-refractivity contribution >= 4 is 11.7 Å². The third-order valence-electron chi connectivity index (χ3n) is 4.33. The van der Waals surface area contributed by atoms with E-state index in [1.165, 1.54) is 25.7 Å². The molecule has 1 amide bonds. The van der Waals surface area contributed by atoms with E-state index in [-0.39, 0.29) is 11.9 Å². The van der Waals surface area contributed by atoms with Gasteiger partial charge in [-0.1, -0.05) is 19.8 Å². The minimum atomic E-state index is 0.0191. The maximum Gasteiger partial charge on any atom is 0.251 e. The quantitative estimate of drug-likeness (QED) is 0.844. The lowest BCUT2D eigenvalue weighted by Crippen LogP contribution is -2.37. The molecule has 4 nitrogen and oxygen atoms in total. The van der Waals surface area contributed by atoms with Crippen LogP contribution >= 0.6 is 0 Å². The van der Waals surface area contributed by atoms with Crippen LogP contribution in [0.1, 0.15) is 62.5 Å². The van der Waals surface area contributed by atoms with E-state index in [2.05, 4.69) is 29.5 Å². The molecule has 1 aliphatic rings. The van der Waals surface area contributed by atoms with Crippen LogP contribution in [0.4, 0.5) is 5.82 Å². The molecule has 0 radical (unpaired) electrons. The second-order valence-electron chi connectivity index (χ2n) is 5.92. The highest BCUT2D eigenvalue weighted by atomic mass is 16.1. The predicted octanol–water partition coefficient (Wildman–Crippen LogP) is 3.38. The lowest BCUT2D eigenvalue weighted by molar-refractivity contribution is 0.0927. The van der Waals surface area contributed by atoms with Crippen LogP contribution in [-0.4, -0.2) is 23.5 Å². The second-order valence-corrected chi connectivity index (χ2v) is 5.92. The van der Waals surface area contributed by atoms with Gasteiger partial charge in [0.05, 0.1) is 0 Å². The zero-order valence-corrected chi connectivity index (χ0v) is 13.4. The number of nitrogens with zero attached hydrogens (tertiary/aromatic N) is 1. The van der Waals surface area contributed by atoms with Crippen molar-refractivity contribution in [3.05, 3.63) is 23.4 Å². The molecule has 0 aromatic carbocycles. The van der Waals surface area contributed by atoms with E-state index in [9.17, 15) is 4.79 Å². The summed E-state index contributed by atoms with van der Waals surface area (Å²) in [5.41, 5.74) is 1.66. The minimum absolute atomic E-state index is 0.0191. The molecule has 2 rings (SSSR count). The second kappa shape index (κ2) is 7.43. The molecule has 1 aromatic heterocycles. The van der Waals surface area contributed by atoms with Crippen LogP contribution in [0.25, 0.3) is 0 Å². The lowest BCUT2D eigenvalue weighted by Gasteiger charge is -2.20. The first-order valence-corrected chi connectivity index (χ1v) is 8.19. The van der Waals surface area contributed by atoms with Crippen molar-refractivity contribution in [1.29, 1.82) is 0 Å². The number of amides is 1. The van der Waals surface area contributed by atoms with Gasteiger partial charge in [-0.15, -0.1) is 0 Å². The Morgan fingerprint density at radius 2 is 2.05 bits per heavy atom. The van der Waals surface area contributed by atoms with Gasteiger partial charge in [-0.05, 0) is 51.2 Å². The normalized spacial score (nSPS) is 16.7. The highest BCUT2D eigenvalue weighted by Gasteiger charge is 2.23. The van der Waals surface area contributed by atoms with Crippen molar-refractivity contribution in [3.8, 4) is 0 Å². The molecule has 0 saturated heterocycles. The fraction of sp³-hybridized carbons (Fsp3) is 0.647. The van der Waals surface area contributed by atoms with E-state index in [1.54, 1.807) is 0 Å². The summed E-state index contributed by atoms with van der Waals surface area (Å²) in [6, 6.07) is 4.00. The number of aryl methyl sites for hydroxylation is 1. The van der Waals surface area contributed by atoms with E-state index < -0.39 is 0 Å². The first kappa shape index (κ1) is 15.8. The van der Waals surface area contributed by atoms with Crippen LogP contribution in [0.15, 0.2) is 12.1 Å². The van der Waals surface area contributed by atoms with Gasteiger partial charge in [0.25, 0.3) is 5.91 Å². The summed E-state index contributed by atoms with van der Waals surface area (Å²) < 4.78 is 0. The number of hydrogen-bond donors (Lipinski definition) is 2. The molecule has 1 unspecified atom stereocenters. The Morgan fingerprint density at radius 1 is 1.33 bits per heavy atom. The Balaban J connectivity index is 2.08. The Hall–Kier alpha value is -1.58. The molecule has 0 spiro atoms. The summed E-state index contributed by atoms with van der Waals surface area (Å²) >= 11 is 0. The maximum absolute atomic E-state index is 12.5. The van der Waals surface area contributed by atoms with Crippen LogP contribution in [-0.2, 0) is 6.42 Å². The molecule has 116 valence electrons. The zero-order valence-electron chi connectivity index (χ0n) is 13.4. The van der Waals surface area contributed by atoms with E-state index in [0.29, 0.717) is 11.5 Å². The van der Waals surface area contributed by atoms with Gasteiger partial charge < -0.3 is 10.6 Å². The summed E-state index contributed by atoms with van der Waals surface area (Å²) in [6.45, 7) is 7.02. The fourth-order valence-corrected chi connectivity index (χ4v) is 3.04. The summed E-state index contributed by atoms with van der Waals surface area (Å²) in [5.74, 6) is 1.44. The maximum atomic E-state index is 12.5. The van der Waals surface area contributed by atoms with Gasteiger partial charge in [0.2, 0.25) is 0 Å². The Kier molecular flexibility index (Phi) is 5.59. The van der Waals surface area contributed by atoms with Gasteiger partial charge in [0.15, 0.2) is 0 Å². The highest BCUT2D eigenvalue weighted by molar-refractivity contribution is 5.95. The Morgan fingerprint density at radius 3 is 2.67 bits per heavy atom. The number of anilines is 1. The molecule has 21 heavy (non-hydrogen) atoms. The summed E-state index contributed by atoms with van der Waals surface area (Å²) in [4.78, 5) is 17.0. The van der Waals surface area contributed by atoms with E-state index in [4.69, 9.17) is 0 Å². The highest BCUT2D eigenvalue weighted by Crippen LogP contribution is 2.27. The van der Waals surface area contributed by atoms with Gasteiger partial charge >= 0.3 is 0 Å². The molecule has 4 heteroatoms. The van der Waals surface area contributed by atoms with Gasteiger partial charge in [-0.3, -0.25) is 4.79 Å². The van der Waals surface area contributed by atoms with Crippen molar-refractivity contribution in [2.45, 2.75) is 58.9 Å². The van der Waals surface area contributed by atoms with Gasteiger partial charge in [-0.25, -0.2) is 4.98 Å². The van der Waals surface area contributed by atoms with Crippen LogP contribution in [0.5, 0.6) is 0 Å².